The number of piperidine rings is 1. The zero-order valence-electron chi connectivity index (χ0n) is 14.8. The highest BCUT2D eigenvalue weighted by Crippen LogP contribution is 2.29. The summed E-state index contributed by atoms with van der Waals surface area (Å²) in [5, 5.41) is 6.49. The molecule has 1 aliphatic heterocycles. The van der Waals surface area contributed by atoms with Gasteiger partial charge in [-0.05, 0) is 50.6 Å². The molecule has 136 valence electrons. The minimum atomic E-state index is -0.202. The third-order valence-corrected chi connectivity index (χ3v) is 4.74. The SMILES string of the molecule is COCC1(CNC(=O)C(C)c2cccc(OC)c2)CCNCC1.Cl. The van der Waals surface area contributed by atoms with Gasteiger partial charge >= 0.3 is 0 Å². The second kappa shape index (κ2) is 9.87. The zero-order valence-corrected chi connectivity index (χ0v) is 15.6. The molecular weight excluding hydrogens is 328 g/mol. The number of benzene rings is 1. The molecule has 0 saturated carbocycles. The summed E-state index contributed by atoms with van der Waals surface area (Å²) in [5.41, 5.74) is 1.01. The Balaban J connectivity index is 0.00000288. The Labute approximate surface area is 150 Å². The monoisotopic (exact) mass is 356 g/mol. The van der Waals surface area contributed by atoms with Gasteiger partial charge in [0.25, 0.3) is 0 Å². The summed E-state index contributed by atoms with van der Waals surface area (Å²) in [6.45, 7) is 5.23. The lowest BCUT2D eigenvalue weighted by molar-refractivity contribution is -0.123. The molecule has 0 spiro atoms. The topological polar surface area (TPSA) is 59.6 Å². The van der Waals surface area contributed by atoms with Crippen molar-refractivity contribution in [3.05, 3.63) is 29.8 Å². The normalized spacial score (nSPS) is 17.5. The molecule has 0 bridgehead atoms. The van der Waals surface area contributed by atoms with Crippen LogP contribution >= 0.6 is 12.4 Å². The summed E-state index contributed by atoms with van der Waals surface area (Å²) >= 11 is 0. The number of rotatable bonds is 7. The summed E-state index contributed by atoms with van der Waals surface area (Å²) < 4.78 is 10.6. The third-order valence-electron chi connectivity index (χ3n) is 4.74. The number of carbonyl (C=O) groups excluding carboxylic acids is 1. The summed E-state index contributed by atoms with van der Waals surface area (Å²) in [7, 11) is 3.36. The van der Waals surface area contributed by atoms with Crippen molar-refractivity contribution >= 4 is 18.3 Å². The van der Waals surface area contributed by atoms with Crippen molar-refractivity contribution in [2.24, 2.45) is 5.41 Å². The Hall–Kier alpha value is -1.30. The summed E-state index contributed by atoms with van der Waals surface area (Å²) in [4.78, 5) is 12.5. The second-order valence-corrected chi connectivity index (χ2v) is 6.40. The molecule has 1 saturated heterocycles. The minimum Gasteiger partial charge on any atom is -0.497 e. The van der Waals surface area contributed by atoms with E-state index in [0.717, 1.165) is 37.2 Å². The molecule has 0 radical (unpaired) electrons. The lowest BCUT2D eigenvalue weighted by atomic mass is 9.79. The van der Waals surface area contributed by atoms with Crippen LogP contribution in [0.2, 0.25) is 0 Å². The van der Waals surface area contributed by atoms with E-state index in [0.29, 0.717) is 13.2 Å². The van der Waals surface area contributed by atoms with E-state index >= 15 is 0 Å². The largest absolute Gasteiger partial charge is 0.497 e. The first-order valence-corrected chi connectivity index (χ1v) is 8.21. The molecule has 1 fully saturated rings. The molecule has 0 aromatic heterocycles. The zero-order chi connectivity index (χ0) is 16.7. The number of methoxy groups -OCH3 is 2. The Bertz CT molecular complexity index is 513. The Kier molecular flexibility index (Phi) is 8.53. The Morgan fingerprint density at radius 1 is 1.33 bits per heavy atom. The quantitative estimate of drug-likeness (QED) is 0.787. The number of halogens is 1. The predicted octanol–water partition coefficient (Wildman–Crippen LogP) is 2.35. The van der Waals surface area contributed by atoms with Gasteiger partial charge in [-0.3, -0.25) is 4.79 Å². The van der Waals surface area contributed by atoms with Crippen LogP contribution in [0.3, 0.4) is 0 Å². The number of ether oxygens (including phenoxy) is 2. The predicted molar refractivity (Wildman–Crippen MR) is 98.1 cm³/mol. The highest BCUT2D eigenvalue weighted by Gasteiger charge is 2.33. The molecule has 2 rings (SSSR count). The van der Waals surface area contributed by atoms with Gasteiger partial charge in [-0.2, -0.15) is 0 Å². The van der Waals surface area contributed by atoms with E-state index in [1.54, 1.807) is 14.2 Å². The number of hydrogen-bond acceptors (Lipinski definition) is 4. The van der Waals surface area contributed by atoms with Crippen LogP contribution in [0.25, 0.3) is 0 Å². The molecule has 2 N–H and O–H groups in total. The van der Waals surface area contributed by atoms with Crippen LogP contribution in [0.1, 0.15) is 31.2 Å². The first kappa shape index (κ1) is 20.7. The molecule has 0 aliphatic carbocycles. The van der Waals surface area contributed by atoms with E-state index in [-0.39, 0.29) is 29.6 Å². The van der Waals surface area contributed by atoms with Crippen molar-refractivity contribution in [3.63, 3.8) is 0 Å². The van der Waals surface area contributed by atoms with Crippen molar-refractivity contribution in [2.45, 2.75) is 25.7 Å². The molecule has 5 nitrogen and oxygen atoms in total. The highest BCUT2D eigenvalue weighted by molar-refractivity contribution is 5.85. The number of hydrogen-bond donors (Lipinski definition) is 2. The van der Waals surface area contributed by atoms with Crippen LogP contribution in [0.4, 0.5) is 0 Å². The van der Waals surface area contributed by atoms with Crippen LogP contribution in [0.5, 0.6) is 5.75 Å². The summed E-state index contributed by atoms with van der Waals surface area (Å²) in [5.74, 6) is 0.620. The molecule has 1 heterocycles. The first-order chi connectivity index (χ1) is 11.1. The molecule has 1 aromatic rings. The fourth-order valence-electron chi connectivity index (χ4n) is 3.13. The van der Waals surface area contributed by atoms with Crippen LogP contribution in [0, 0.1) is 5.41 Å². The number of amides is 1. The number of nitrogens with one attached hydrogen (secondary N) is 2. The van der Waals surface area contributed by atoms with E-state index < -0.39 is 0 Å². The average Bonchev–Trinajstić information content (AvgIpc) is 2.60. The second-order valence-electron chi connectivity index (χ2n) is 6.40. The average molecular weight is 357 g/mol. The van der Waals surface area contributed by atoms with Gasteiger partial charge in [0.15, 0.2) is 0 Å². The smallest absolute Gasteiger partial charge is 0.227 e. The molecule has 1 amide bonds. The molecular formula is C18H29ClN2O3. The van der Waals surface area contributed by atoms with E-state index in [2.05, 4.69) is 10.6 Å². The van der Waals surface area contributed by atoms with Gasteiger partial charge in [0, 0.05) is 19.1 Å². The lowest BCUT2D eigenvalue weighted by Gasteiger charge is -2.37. The van der Waals surface area contributed by atoms with Gasteiger partial charge in [0.1, 0.15) is 5.75 Å². The first-order valence-electron chi connectivity index (χ1n) is 8.21. The molecule has 6 heteroatoms. The lowest BCUT2D eigenvalue weighted by Crippen LogP contribution is -2.47. The Morgan fingerprint density at radius 2 is 2.04 bits per heavy atom. The standard InChI is InChI=1S/C18H28N2O3.ClH/c1-14(15-5-4-6-16(11-15)23-3)17(21)20-12-18(13-22-2)7-9-19-10-8-18;/h4-6,11,14,19H,7-10,12-13H2,1-3H3,(H,20,21);1H. The molecule has 1 aromatic carbocycles. The molecule has 1 atom stereocenters. The van der Waals surface area contributed by atoms with Crippen molar-refractivity contribution in [2.75, 3.05) is 40.5 Å². The van der Waals surface area contributed by atoms with E-state index in [1.165, 1.54) is 0 Å². The molecule has 1 aliphatic rings. The summed E-state index contributed by atoms with van der Waals surface area (Å²) in [6.07, 6.45) is 2.04. The van der Waals surface area contributed by atoms with Gasteiger partial charge in [-0.1, -0.05) is 12.1 Å². The van der Waals surface area contributed by atoms with Crippen molar-refractivity contribution in [3.8, 4) is 5.75 Å². The van der Waals surface area contributed by atoms with Crippen molar-refractivity contribution < 1.29 is 14.3 Å². The van der Waals surface area contributed by atoms with Gasteiger partial charge in [-0.25, -0.2) is 0 Å². The third kappa shape index (κ3) is 5.36. The molecule has 1 unspecified atom stereocenters. The van der Waals surface area contributed by atoms with E-state index in [9.17, 15) is 4.79 Å². The van der Waals surface area contributed by atoms with Crippen LogP contribution in [-0.4, -0.2) is 46.4 Å². The van der Waals surface area contributed by atoms with Gasteiger partial charge < -0.3 is 20.1 Å². The van der Waals surface area contributed by atoms with E-state index in [1.807, 2.05) is 31.2 Å². The maximum Gasteiger partial charge on any atom is 0.227 e. The number of carbonyl (C=O) groups is 1. The van der Waals surface area contributed by atoms with Crippen molar-refractivity contribution in [1.29, 1.82) is 0 Å². The molecule has 24 heavy (non-hydrogen) atoms. The van der Waals surface area contributed by atoms with Gasteiger partial charge in [-0.15, -0.1) is 12.4 Å². The summed E-state index contributed by atoms with van der Waals surface area (Å²) in [6, 6.07) is 7.68. The van der Waals surface area contributed by atoms with Gasteiger partial charge in [0.2, 0.25) is 5.91 Å². The van der Waals surface area contributed by atoms with Crippen LogP contribution in [-0.2, 0) is 9.53 Å². The highest BCUT2D eigenvalue weighted by atomic mass is 35.5. The van der Waals surface area contributed by atoms with Crippen LogP contribution < -0.4 is 15.4 Å². The maximum absolute atomic E-state index is 12.5. The van der Waals surface area contributed by atoms with Crippen molar-refractivity contribution in [1.82, 2.24) is 10.6 Å². The maximum atomic E-state index is 12.5. The fraction of sp³-hybridized carbons (Fsp3) is 0.611. The Morgan fingerprint density at radius 3 is 2.67 bits per heavy atom. The fourth-order valence-corrected chi connectivity index (χ4v) is 3.13. The van der Waals surface area contributed by atoms with Gasteiger partial charge in [0.05, 0.1) is 19.6 Å². The van der Waals surface area contributed by atoms with Crippen LogP contribution in [0.15, 0.2) is 24.3 Å². The minimum absolute atomic E-state index is 0. The van der Waals surface area contributed by atoms with E-state index in [4.69, 9.17) is 9.47 Å².